The van der Waals surface area contributed by atoms with Gasteiger partial charge in [0.05, 0.1) is 11.8 Å². The summed E-state index contributed by atoms with van der Waals surface area (Å²) in [4.78, 5) is 2.72. The Hall–Kier alpha value is -0.760. The first kappa shape index (κ1) is 11.3. The molecule has 1 aliphatic heterocycles. The molecule has 1 saturated heterocycles. The van der Waals surface area contributed by atoms with Gasteiger partial charge in [-0.3, -0.25) is 4.90 Å². The topological polar surface area (TPSA) is 16.4 Å². The van der Waals surface area contributed by atoms with Crippen molar-refractivity contribution in [2.24, 2.45) is 0 Å². The van der Waals surface area contributed by atoms with Gasteiger partial charge in [-0.25, -0.2) is 0 Å². The Bertz CT molecular complexity index is 332. The lowest BCUT2D eigenvalue weighted by Gasteiger charge is -2.46. The number of furan rings is 1. The molecule has 2 heterocycles. The fourth-order valence-corrected chi connectivity index (χ4v) is 3.72. The molecule has 1 aromatic rings. The highest BCUT2D eigenvalue weighted by molar-refractivity contribution is 5.14. The Morgan fingerprint density at radius 1 is 0.941 bits per heavy atom. The smallest absolute Gasteiger partial charge is 0.124 e. The van der Waals surface area contributed by atoms with E-state index < -0.39 is 0 Å². The number of likely N-dealkylation sites (tertiary alicyclic amines) is 1. The monoisotopic (exact) mass is 233 g/mol. The Morgan fingerprint density at radius 3 is 2.29 bits per heavy atom. The lowest BCUT2D eigenvalue weighted by atomic mass is 9.77. The summed E-state index contributed by atoms with van der Waals surface area (Å²) in [6.07, 6.45) is 12.7. The van der Waals surface area contributed by atoms with E-state index in [1.807, 2.05) is 6.26 Å². The predicted octanol–water partition coefficient (Wildman–Crippen LogP) is 3.92. The minimum atomic E-state index is 0.238. The quantitative estimate of drug-likeness (QED) is 0.769. The molecule has 0 spiro atoms. The maximum absolute atomic E-state index is 5.79. The molecule has 2 heteroatoms. The van der Waals surface area contributed by atoms with Crippen LogP contribution < -0.4 is 0 Å². The summed E-state index contributed by atoms with van der Waals surface area (Å²) in [7, 11) is 0. The molecule has 0 atom stereocenters. The van der Waals surface area contributed by atoms with Gasteiger partial charge in [-0.05, 0) is 50.9 Å². The number of hydrogen-bond acceptors (Lipinski definition) is 2. The van der Waals surface area contributed by atoms with E-state index in [1.54, 1.807) is 0 Å². The van der Waals surface area contributed by atoms with E-state index in [0.717, 1.165) is 0 Å². The van der Waals surface area contributed by atoms with Gasteiger partial charge >= 0.3 is 0 Å². The summed E-state index contributed by atoms with van der Waals surface area (Å²) in [5.74, 6) is 1.22. The molecule has 0 N–H and O–H groups in total. The molecule has 94 valence electrons. The molecule has 0 radical (unpaired) electrons. The molecule has 1 aliphatic carbocycles. The van der Waals surface area contributed by atoms with E-state index in [9.17, 15) is 0 Å². The zero-order valence-electron chi connectivity index (χ0n) is 10.7. The minimum absolute atomic E-state index is 0.238. The number of hydrogen-bond donors (Lipinski definition) is 0. The van der Waals surface area contributed by atoms with Crippen molar-refractivity contribution in [2.75, 3.05) is 13.1 Å². The van der Waals surface area contributed by atoms with Gasteiger partial charge in [0.25, 0.3) is 0 Å². The van der Waals surface area contributed by atoms with E-state index >= 15 is 0 Å². The second-order valence-electron chi connectivity index (χ2n) is 5.62. The van der Waals surface area contributed by atoms with Crippen molar-refractivity contribution in [3.05, 3.63) is 24.2 Å². The van der Waals surface area contributed by atoms with Crippen LogP contribution in [-0.2, 0) is 5.54 Å². The van der Waals surface area contributed by atoms with Gasteiger partial charge in [0, 0.05) is 0 Å². The van der Waals surface area contributed by atoms with Crippen LogP contribution in [0, 0.1) is 0 Å². The first-order valence-electron chi connectivity index (χ1n) is 7.21. The Balaban J connectivity index is 1.89. The molecular formula is C15H23NO. The third kappa shape index (κ3) is 2.03. The molecule has 2 aliphatic rings. The SMILES string of the molecule is c1coc(C2(N3CCCCC3)CCCCC2)c1. The number of nitrogens with zero attached hydrogens (tertiary/aromatic N) is 1. The van der Waals surface area contributed by atoms with E-state index in [1.165, 1.54) is 70.2 Å². The third-order valence-electron chi connectivity index (χ3n) is 4.62. The van der Waals surface area contributed by atoms with Crippen LogP contribution in [-0.4, -0.2) is 18.0 Å². The van der Waals surface area contributed by atoms with Crippen LogP contribution in [0.5, 0.6) is 0 Å². The molecular weight excluding hydrogens is 210 g/mol. The Labute approximate surface area is 104 Å². The summed E-state index contributed by atoms with van der Waals surface area (Å²) < 4.78 is 5.79. The van der Waals surface area contributed by atoms with Crippen molar-refractivity contribution in [3.8, 4) is 0 Å². The van der Waals surface area contributed by atoms with Crippen LogP contribution in [0.25, 0.3) is 0 Å². The second-order valence-corrected chi connectivity index (χ2v) is 5.62. The van der Waals surface area contributed by atoms with Crippen molar-refractivity contribution in [3.63, 3.8) is 0 Å². The minimum Gasteiger partial charge on any atom is -0.467 e. The molecule has 17 heavy (non-hydrogen) atoms. The van der Waals surface area contributed by atoms with Gasteiger partial charge in [0.15, 0.2) is 0 Å². The second kappa shape index (κ2) is 4.85. The first-order chi connectivity index (χ1) is 8.42. The van der Waals surface area contributed by atoms with E-state index in [2.05, 4.69) is 17.0 Å². The standard InChI is InChI=1S/C15H23NO/c1-3-9-15(10-4-1,14-8-7-13-17-14)16-11-5-2-6-12-16/h7-8,13H,1-6,9-12H2. The van der Waals surface area contributed by atoms with Crippen molar-refractivity contribution < 1.29 is 4.42 Å². The molecule has 1 saturated carbocycles. The molecule has 1 aromatic heterocycles. The van der Waals surface area contributed by atoms with Gasteiger partial charge in [0.1, 0.15) is 5.76 Å². The normalized spacial score (nSPS) is 25.9. The fraction of sp³-hybridized carbons (Fsp3) is 0.733. The molecule has 2 fully saturated rings. The van der Waals surface area contributed by atoms with Crippen molar-refractivity contribution in [1.82, 2.24) is 4.90 Å². The molecule has 0 amide bonds. The predicted molar refractivity (Wildman–Crippen MR) is 68.9 cm³/mol. The summed E-state index contributed by atoms with van der Waals surface area (Å²) >= 11 is 0. The lowest BCUT2D eigenvalue weighted by Crippen LogP contribution is -2.49. The molecule has 3 rings (SSSR count). The number of rotatable bonds is 2. The zero-order valence-corrected chi connectivity index (χ0v) is 10.7. The summed E-state index contributed by atoms with van der Waals surface area (Å²) in [6.45, 7) is 2.53. The maximum Gasteiger partial charge on any atom is 0.124 e. The average Bonchev–Trinajstić information content (AvgIpc) is 2.95. The molecule has 0 aromatic carbocycles. The van der Waals surface area contributed by atoms with Crippen molar-refractivity contribution >= 4 is 0 Å². The Kier molecular flexibility index (Phi) is 3.24. The third-order valence-corrected chi connectivity index (χ3v) is 4.62. The first-order valence-corrected chi connectivity index (χ1v) is 7.21. The molecule has 0 unspecified atom stereocenters. The summed E-state index contributed by atoms with van der Waals surface area (Å²) in [5, 5.41) is 0. The highest BCUT2D eigenvalue weighted by atomic mass is 16.3. The summed E-state index contributed by atoms with van der Waals surface area (Å²) in [5.41, 5.74) is 0.238. The van der Waals surface area contributed by atoms with Gasteiger partial charge in [0.2, 0.25) is 0 Å². The molecule has 2 nitrogen and oxygen atoms in total. The average molecular weight is 233 g/mol. The van der Waals surface area contributed by atoms with Gasteiger partial charge < -0.3 is 4.42 Å². The van der Waals surface area contributed by atoms with E-state index in [-0.39, 0.29) is 5.54 Å². The van der Waals surface area contributed by atoms with Crippen LogP contribution in [0.2, 0.25) is 0 Å². The Morgan fingerprint density at radius 2 is 1.65 bits per heavy atom. The van der Waals surface area contributed by atoms with Crippen molar-refractivity contribution in [2.45, 2.75) is 56.9 Å². The van der Waals surface area contributed by atoms with Crippen LogP contribution in [0.4, 0.5) is 0 Å². The van der Waals surface area contributed by atoms with Gasteiger partial charge in [-0.15, -0.1) is 0 Å². The maximum atomic E-state index is 5.79. The van der Waals surface area contributed by atoms with Gasteiger partial charge in [-0.1, -0.05) is 25.7 Å². The van der Waals surface area contributed by atoms with Crippen LogP contribution in [0.1, 0.15) is 57.1 Å². The highest BCUT2D eigenvalue weighted by Crippen LogP contribution is 2.43. The zero-order chi connectivity index (χ0) is 11.6. The van der Waals surface area contributed by atoms with E-state index in [0.29, 0.717) is 0 Å². The van der Waals surface area contributed by atoms with Crippen LogP contribution in [0.15, 0.2) is 22.8 Å². The van der Waals surface area contributed by atoms with E-state index in [4.69, 9.17) is 4.42 Å². The van der Waals surface area contributed by atoms with Crippen molar-refractivity contribution in [1.29, 1.82) is 0 Å². The lowest BCUT2D eigenvalue weighted by molar-refractivity contribution is 0.0132. The summed E-state index contributed by atoms with van der Waals surface area (Å²) in [6, 6.07) is 4.25. The van der Waals surface area contributed by atoms with Crippen LogP contribution >= 0.6 is 0 Å². The van der Waals surface area contributed by atoms with Gasteiger partial charge in [-0.2, -0.15) is 0 Å². The fourth-order valence-electron chi connectivity index (χ4n) is 3.72. The number of piperidine rings is 1. The molecule has 0 bridgehead atoms. The largest absolute Gasteiger partial charge is 0.467 e. The highest BCUT2D eigenvalue weighted by Gasteiger charge is 2.41. The van der Waals surface area contributed by atoms with Crippen LogP contribution in [0.3, 0.4) is 0 Å².